The van der Waals surface area contributed by atoms with Crippen LogP contribution in [0.4, 0.5) is 0 Å². The van der Waals surface area contributed by atoms with Gasteiger partial charge in [-0.25, -0.2) is 0 Å². The highest BCUT2D eigenvalue weighted by Crippen LogP contribution is 2.31. The number of amides is 2. The van der Waals surface area contributed by atoms with Crippen LogP contribution >= 0.6 is 0 Å². The van der Waals surface area contributed by atoms with Crippen LogP contribution in [0, 0.1) is 12.3 Å². The number of unbranched alkanes of at least 4 members (excludes halogenated alkanes) is 4. The molecule has 6 heteroatoms. The van der Waals surface area contributed by atoms with Gasteiger partial charge in [0.2, 0.25) is 0 Å². The molecule has 0 saturated carbocycles. The number of carbonyl (C=O) groups excluding carboxylic acids is 2. The summed E-state index contributed by atoms with van der Waals surface area (Å²) in [6.45, 7) is 2.91. The van der Waals surface area contributed by atoms with E-state index < -0.39 is 0 Å². The molecule has 1 aromatic heterocycles. The Morgan fingerprint density at radius 1 is 1.03 bits per heavy atom. The van der Waals surface area contributed by atoms with Gasteiger partial charge < -0.3 is 19.5 Å². The summed E-state index contributed by atoms with van der Waals surface area (Å²) in [5.41, 5.74) is 3.85. The molecule has 2 fully saturated rings. The third-order valence-corrected chi connectivity index (χ3v) is 7.79. The number of para-hydroxylation sites is 1. The van der Waals surface area contributed by atoms with Crippen LogP contribution in [0.3, 0.4) is 0 Å². The Kier molecular flexibility index (Phi) is 8.45. The lowest BCUT2D eigenvalue weighted by Crippen LogP contribution is -2.41. The number of terminal acetylenes is 1. The predicted octanol–water partition coefficient (Wildman–Crippen LogP) is 5.20. The van der Waals surface area contributed by atoms with Crippen molar-refractivity contribution in [1.82, 2.24) is 14.8 Å². The summed E-state index contributed by atoms with van der Waals surface area (Å²) in [6.07, 6.45) is 15.3. The minimum atomic E-state index is -0.0207. The number of benzene rings is 2. The average Bonchev–Trinajstić information content (AvgIpc) is 3.68. The van der Waals surface area contributed by atoms with Crippen molar-refractivity contribution in [3.8, 4) is 12.3 Å². The number of aryl methyl sites for hydroxylation is 2. The third-order valence-electron chi connectivity index (χ3n) is 7.79. The number of hydrogen-bond acceptors (Lipinski definition) is 3. The molecule has 38 heavy (non-hydrogen) atoms. The number of morpholine rings is 1. The van der Waals surface area contributed by atoms with Gasteiger partial charge in [0.1, 0.15) is 0 Å². The molecule has 0 unspecified atom stereocenters. The number of hydrogen-bond donors (Lipinski definition) is 1. The van der Waals surface area contributed by atoms with Crippen LogP contribution in [0.5, 0.6) is 0 Å². The summed E-state index contributed by atoms with van der Waals surface area (Å²) >= 11 is 0. The van der Waals surface area contributed by atoms with E-state index in [9.17, 15) is 9.59 Å². The van der Waals surface area contributed by atoms with Gasteiger partial charge in [0.05, 0.1) is 24.3 Å². The molecule has 2 amide bonds. The largest absolute Gasteiger partial charge is 0.374 e. The monoisotopic (exact) mass is 511 g/mol. The minimum Gasteiger partial charge on any atom is -0.374 e. The molecule has 2 bridgehead atoms. The Labute approximate surface area is 225 Å². The number of rotatable bonds is 12. The van der Waals surface area contributed by atoms with E-state index in [2.05, 4.69) is 40.1 Å². The van der Waals surface area contributed by atoms with Gasteiger partial charge in [-0.1, -0.05) is 36.8 Å². The molecule has 3 heterocycles. The van der Waals surface area contributed by atoms with Gasteiger partial charge >= 0.3 is 0 Å². The molecule has 6 nitrogen and oxygen atoms in total. The highest BCUT2D eigenvalue weighted by atomic mass is 16.5. The molecular formula is C32H37N3O3. The zero-order valence-electron chi connectivity index (χ0n) is 22.0. The van der Waals surface area contributed by atoms with Crippen LogP contribution in [0.15, 0.2) is 54.7 Å². The van der Waals surface area contributed by atoms with Crippen molar-refractivity contribution in [1.29, 1.82) is 0 Å². The third kappa shape index (κ3) is 5.95. The Bertz CT molecular complexity index is 1300. The number of fused-ring (bicyclic) bond motifs is 3. The molecule has 2 aliphatic rings. The summed E-state index contributed by atoms with van der Waals surface area (Å²) in [4.78, 5) is 27.8. The molecule has 198 valence electrons. The van der Waals surface area contributed by atoms with Crippen LogP contribution in [0.1, 0.15) is 71.2 Å². The first-order valence-corrected chi connectivity index (χ1v) is 13.9. The summed E-state index contributed by atoms with van der Waals surface area (Å²) in [6, 6.07) is 16.4. The normalized spacial score (nSPS) is 18.1. The number of ether oxygens (including phenoxy) is 1. The number of nitrogens with one attached hydrogen (secondary N) is 1. The summed E-state index contributed by atoms with van der Waals surface area (Å²) in [5.74, 6) is 2.75. The van der Waals surface area contributed by atoms with Gasteiger partial charge in [0, 0.05) is 48.7 Å². The smallest absolute Gasteiger partial charge is 0.256 e. The van der Waals surface area contributed by atoms with Crippen molar-refractivity contribution in [2.24, 2.45) is 0 Å². The second kappa shape index (κ2) is 12.3. The number of aromatic nitrogens is 1. The van der Waals surface area contributed by atoms with E-state index in [1.807, 2.05) is 35.4 Å². The maximum atomic E-state index is 13.4. The van der Waals surface area contributed by atoms with Crippen molar-refractivity contribution in [2.45, 2.75) is 70.1 Å². The van der Waals surface area contributed by atoms with E-state index >= 15 is 0 Å². The Hall–Kier alpha value is -3.56. The van der Waals surface area contributed by atoms with Gasteiger partial charge in [0.25, 0.3) is 11.8 Å². The van der Waals surface area contributed by atoms with Gasteiger partial charge in [0.15, 0.2) is 0 Å². The van der Waals surface area contributed by atoms with Crippen LogP contribution in [0.2, 0.25) is 0 Å². The second-order valence-electron chi connectivity index (χ2n) is 10.5. The van der Waals surface area contributed by atoms with Crippen LogP contribution in [-0.4, -0.2) is 53.1 Å². The molecule has 3 aromatic rings. The molecule has 2 saturated heterocycles. The van der Waals surface area contributed by atoms with E-state index in [4.69, 9.17) is 11.2 Å². The van der Waals surface area contributed by atoms with Crippen LogP contribution < -0.4 is 5.32 Å². The van der Waals surface area contributed by atoms with Gasteiger partial charge in [-0.05, 0) is 62.3 Å². The van der Waals surface area contributed by atoms with Crippen molar-refractivity contribution in [2.75, 3.05) is 19.7 Å². The summed E-state index contributed by atoms with van der Waals surface area (Å²) in [7, 11) is 0. The first kappa shape index (κ1) is 26.1. The minimum absolute atomic E-state index is 0.0207. The van der Waals surface area contributed by atoms with Crippen LogP contribution in [-0.2, 0) is 17.7 Å². The first-order valence-electron chi connectivity index (χ1n) is 13.9. The maximum Gasteiger partial charge on any atom is 0.256 e. The molecule has 2 atom stereocenters. The standard InChI is InChI=1S/C32H37N3O3/c1-2-3-4-5-9-18-33-31(36)25-16-14-24(15-17-25)11-8-10-19-34-22-29(28-12-6-7-13-30(28)34)32(37)35-21-27-20-26(35)23-38-27/h1,6-7,12-17,22,26-27H,3-5,8-11,18-21,23H2,(H,33,36)/t26-,27-/m0/s1. The van der Waals surface area contributed by atoms with E-state index in [1.54, 1.807) is 0 Å². The highest BCUT2D eigenvalue weighted by Gasteiger charge is 2.42. The van der Waals surface area contributed by atoms with Crippen LogP contribution in [0.25, 0.3) is 10.9 Å². The Morgan fingerprint density at radius 2 is 1.87 bits per heavy atom. The molecule has 0 spiro atoms. The van der Waals surface area contributed by atoms with E-state index in [1.165, 1.54) is 5.56 Å². The fourth-order valence-electron chi connectivity index (χ4n) is 5.67. The van der Waals surface area contributed by atoms with E-state index in [0.29, 0.717) is 25.3 Å². The first-order chi connectivity index (χ1) is 18.6. The second-order valence-corrected chi connectivity index (χ2v) is 10.5. The lowest BCUT2D eigenvalue weighted by atomic mass is 10.1. The molecule has 2 aromatic carbocycles. The lowest BCUT2D eigenvalue weighted by molar-refractivity contribution is 0.0260. The predicted molar refractivity (Wildman–Crippen MR) is 150 cm³/mol. The quantitative estimate of drug-likeness (QED) is 0.269. The Balaban J connectivity index is 1.11. The zero-order chi connectivity index (χ0) is 26.3. The Morgan fingerprint density at radius 3 is 2.63 bits per heavy atom. The van der Waals surface area contributed by atoms with Crippen molar-refractivity contribution in [3.63, 3.8) is 0 Å². The summed E-state index contributed by atoms with van der Waals surface area (Å²) < 4.78 is 7.92. The van der Waals surface area contributed by atoms with Gasteiger partial charge in [-0.3, -0.25) is 9.59 Å². The maximum absolute atomic E-state index is 13.4. The number of likely N-dealkylation sites (tertiary alicyclic amines) is 1. The fraction of sp³-hybridized carbons (Fsp3) is 0.438. The summed E-state index contributed by atoms with van der Waals surface area (Å²) in [5, 5.41) is 4.02. The average molecular weight is 512 g/mol. The number of carbonyl (C=O) groups is 2. The lowest BCUT2D eigenvalue weighted by Gasteiger charge is -2.26. The molecular weight excluding hydrogens is 474 g/mol. The zero-order valence-corrected chi connectivity index (χ0v) is 22.0. The van der Waals surface area contributed by atoms with Crippen molar-refractivity contribution >= 4 is 22.7 Å². The molecule has 2 aliphatic heterocycles. The van der Waals surface area contributed by atoms with Crippen molar-refractivity contribution in [3.05, 3.63) is 71.4 Å². The van der Waals surface area contributed by atoms with Crippen molar-refractivity contribution < 1.29 is 14.3 Å². The van der Waals surface area contributed by atoms with Gasteiger partial charge in [-0.2, -0.15) is 0 Å². The fourth-order valence-corrected chi connectivity index (χ4v) is 5.67. The molecule has 1 N–H and O–H groups in total. The van der Waals surface area contributed by atoms with Gasteiger partial charge in [-0.15, -0.1) is 12.3 Å². The molecule has 0 radical (unpaired) electrons. The SMILES string of the molecule is C#CCCCCCNC(=O)c1ccc(CCCCn2cc(C(=O)N3C[C@@H]4C[C@H]3CO4)c3ccccc32)cc1. The topological polar surface area (TPSA) is 63.6 Å². The molecule has 0 aliphatic carbocycles. The highest BCUT2D eigenvalue weighted by molar-refractivity contribution is 6.07. The van der Waals surface area contributed by atoms with E-state index in [0.717, 1.165) is 74.4 Å². The van der Waals surface area contributed by atoms with E-state index in [-0.39, 0.29) is 24.0 Å². The molecule has 5 rings (SSSR count). The number of nitrogens with zero attached hydrogens (tertiary/aromatic N) is 2.